The first-order valence-electron chi connectivity index (χ1n) is 6.63. The number of nitrogens with zero attached hydrogens (tertiary/aromatic N) is 2. The molecule has 0 spiro atoms. The number of aromatic nitrogens is 1. The number of methoxy groups -OCH3 is 1. The molecule has 1 aliphatic rings. The Kier molecular flexibility index (Phi) is 3.47. The van der Waals surface area contributed by atoms with E-state index in [2.05, 4.69) is 34.1 Å². The van der Waals surface area contributed by atoms with Gasteiger partial charge in [-0.15, -0.1) is 0 Å². The fourth-order valence-corrected chi connectivity index (χ4v) is 2.65. The summed E-state index contributed by atoms with van der Waals surface area (Å²) >= 11 is 0. The van der Waals surface area contributed by atoms with Crippen molar-refractivity contribution in [3.63, 3.8) is 0 Å². The maximum atomic E-state index is 5.37. The number of ether oxygens (including phenoxy) is 1. The van der Waals surface area contributed by atoms with Crippen LogP contribution in [0.4, 0.5) is 0 Å². The summed E-state index contributed by atoms with van der Waals surface area (Å²) in [5.74, 6) is 0.876. The summed E-state index contributed by atoms with van der Waals surface area (Å²) in [5, 5.41) is 0. The van der Waals surface area contributed by atoms with E-state index in [1.54, 1.807) is 13.3 Å². The van der Waals surface area contributed by atoms with Crippen molar-refractivity contribution in [3.05, 3.63) is 59.4 Å². The summed E-state index contributed by atoms with van der Waals surface area (Å²) in [5.41, 5.74) is 4.14. The molecule has 19 heavy (non-hydrogen) atoms. The number of fused-ring (bicyclic) bond motifs is 1. The van der Waals surface area contributed by atoms with Crippen LogP contribution in [0.3, 0.4) is 0 Å². The normalized spacial score (nSPS) is 15.0. The molecule has 0 unspecified atom stereocenters. The molecule has 0 N–H and O–H groups in total. The monoisotopic (exact) mass is 254 g/mol. The van der Waals surface area contributed by atoms with Crippen molar-refractivity contribution in [3.8, 4) is 5.75 Å². The summed E-state index contributed by atoms with van der Waals surface area (Å²) in [7, 11) is 1.70. The van der Waals surface area contributed by atoms with Crippen LogP contribution in [0.5, 0.6) is 5.75 Å². The van der Waals surface area contributed by atoms with Gasteiger partial charge in [-0.2, -0.15) is 0 Å². The zero-order valence-corrected chi connectivity index (χ0v) is 11.2. The van der Waals surface area contributed by atoms with Gasteiger partial charge >= 0.3 is 0 Å². The van der Waals surface area contributed by atoms with E-state index < -0.39 is 0 Å². The SMILES string of the molecule is COc1cnccc1CN1CCc2ccccc2C1. The average molecular weight is 254 g/mol. The van der Waals surface area contributed by atoms with Gasteiger partial charge < -0.3 is 4.74 Å². The van der Waals surface area contributed by atoms with Crippen LogP contribution in [-0.2, 0) is 19.5 Å². The van der Waals surface area contributed by atoms with Crippen molar-refractivity contribution in [1.82, 2.24) is 9.88 Å². The number of pyridine rings is 1. The molecule has 1 aromatic heterocycles. The summed E-state index contributed by atoms with van der Waals surface area (Å²) in [6, 6.07) is 10.8. The highest BCUT2D eigenvalue weighted by Crippen LogP contribution is 2.23. The molecule has 0 atom stereocenters. The number of hydrogen-bond donors (Lipinski definition) is 0. The van der Waals surface area contributed by atoms with Crippen LogP contribution in [0.2, 0.25) is 0 Å². The molecule has 0 fully saturated rings. The molecule has 2 aromatic rings. The maximum Gasteiger partial charge on any atom is 0.141 e. The molecule has 3 nitrogen and oxygen atoms in total. The Morgan fingerprint density at radius 1 is 1.21 bits per heavy atom. The predicted octanol–water partition coefficient (Wildman–Crippen LogP) is 2.65. The highest BCUT2D eigenvalue weighted by atomic mass is 16.5. The molecule has 1 aliphatic heterocycles. The van der Waals surface area contributed by atoms with Crippen LogP contribution in [0.15, 0.2) is 42.7 Å². The van der Waals surface area contributed by atoms with Crippen molar-refractivity contribution < 1.29 is 4.74 Å². The van der Waals surface area contributed by atoms with E-state index in [1.807, 2.05) is 12.3 Å². The topological polar surface area (TPSA) is 25.4 Å². The Hall–Kier alpha value is -1.87. The van der Waals surface area contributed by atoms with E-state index in [0.717, 1.165) is 31.8 Å². The predicted molar refractivity (Wildman–Crippen MR) is 75.0 cm³/mol. The number of rotatable bonds is 3. The van der Waals surface area contributed by atoms with Crippen molar-refractivity contribution >= 4 is 0 Å². The fourth-order valence-electron chi connectivity index (χ4n) is 2.65. The molecule has 3 heteroatoms. The fraction of sp³-hybridized carbons (Fsp3) is 0.312. The molecular formula is C16H18N2O. The molecular weight excluding hydrogens is 236 g/mol. The van der Waals surface area contributed by atoms with E-state index in [1.165, 1.54) is 16.7 Å². The van der Waals surface area contributed by atoms with Crippen molar-refractivity contribution in [2.24, 2.45) is 0 Å². The van der Waals surface area contributed by atoms with Gasteiger partial charge in [-0.1, -0.05) is 24.3 Å². The van der Waals surface area contributed by atoms with Crippen LogP contribution >= 0.6 is 0 Å². The first kappa shape index (κ1) is 12.2. The van der Waals surface area contributed by atoms with E-state index in [0.29, 0.717) is 0 Å². The van der Waals surface area contributed by atoms with Gasteiger partial charge in [-0.05, 0) is 23.6 Å². The molecule has 2 heterocycles. The zero-order chi connectivity index (χ0) is 13.1. The minimum Gasteiger partial charge on any atom is -0.495 e. The quantitative estimate of drug-likeness (QED) is 0.842. The van der Waals surface area contributed by atoms with Gasteiger partial charge in [0.15, 0.2) is 0 Å². The van der Waals surface area contributed by atoms with Crippen LogP contribution in [0, 0.1) is 0 Å². The molecule has 0 radical (unpaired) electrons. The minimum absolute atomic E-state index is 0.876. The smallest absolute Gasteiger partial charge is 0.141 e. The van der Waals surface area contributed by atoms with Gasteiger partial charge in [-0.3, -0.25) is 9.88 Å². The van der Waals surface area contributed by atoms with Gasteiger partial charge in [-0.25, -0.2) is 0 Å². The molecule has 0 saturated carbocycles. The maximum absolute atomic E-state index is 5.37. The second-order valence-electron chi connectivity index (χ2n) is 4.92. The lowest BCUT2D eigenvalue weighted by molar-refractivity contribution is 0.241. The molecule has 0 amide bonds. The average Bonchev–Trinajstić information content (AvgIpc) is 2.48. The second kappa shape index (κ2) is 5.41. The Bertz CT molecular complexity index is 568. The lowest BCUT2D eigenvalue weighted by Crippen LogP contribution is -2.30. The summed E-state index contributed by atoms with van der Waals surface area (Å²) in [6.45, 7) is 3.03. The lowest BCUT2D eigenvalue weighted by Gasteiger charge is -2.29. The van der Waals surface area contributed by atoms with Gasteiger partial charge in [0, 0.05) is 31.4 Å². The Morgan fingerprint density at radius 3 is 2.89 bits per heavy atom. The van der Waals surface area contributed by atoms with Crippen molar-refractivity contribution in [2.45, 2.75) is 19.5 Å². The number of benzene rings is 1. The summed E-state index contributed by atoms with van der Waals surface area (Å²) < 4.78 is 5.37. The Morgan fingerprint density at radius 2 is 2.05 bits per heavy atom. The molecule has 0 bridgehead atoms. The minimum atomic E-state index is 0.876. The third-order valence-corrected chi connectivity index (χ3v) is 3.69. The third-order valence-electron chi connectivity index (χ3n) is 3.69. The van der Waals surface area contributed by atoms with E-state index in [9.17, 15) is 0 Å². The van der Waals surface area contributed by atoms with Crippen LogP contribution in [-0.4, -0.2) is 23.5 Å². The van der Waals surface area contributed by atoms with Crippen LogP contribution < -0.4 is 4.74 Å². The Balaban J connectivity index is 1.75. The summed E-state index contributed by atoms with van der Waals surface area (Å²) in [4.78, 5) is 6.56. The van der Waals surface area contributed by atoms with Crippen molar-refractivity contribution in [1.29, 1.82) is 0 Å². The standard InChI is InChI=1S/C16H18N2O/c1-19-16-10-17-8-6-15(16)12-18-9-7-13-4-2-3-5-14(13)11-18/h2-6,8,10H,7,9,11-12H2,1H3. The largest absolute Gasteiger partial charge is 0.495 e. The van der Waals surface area contributed by atoms with Gasteiger partial charge in [0.05, 0.1) is 13.3 Å². The third kappa shape index (κ3) is 2.61. The Labute approximate surface area is 113 Å². The number of hydrogen-bond acceptors (Lipinski definition) is 3. The molecule has 1 aromatic carbocycles. The van der Waals surface area contributed by atoms with E-state index in [-0.39, 0.29) is 0 Å². The molecule has 0 saturated heterocycles. The highest BCUT2D eigenvalue weighted by Gasteiger charge is 2.16. The molecule has 3 rings (SSSR count). The van der Waals surface area contributed by atoms with Gasteiger partial charge in [0.2, 0.25) is 0 Å². The van der Waals surface area contributed by atoms with E-state index >= 15 is 0 Å². The van der Waals surface area contributed by atoms with Gasteiger partial charge in [0.25, 0.3) is 0 Å². The first-order chi connectivity index (χ1) is 9.36. The highest BCUT2D eigenvalue weighted by molar-refractivity contribution is 5.32. The van der Waals surface area contributed by atoms with Crippen LogP contribution in [0.1, 0.15) is 16.7 Å². The molecule has 98 valence electrons. The van der Waals surface area contributed by atoms with E-state index in [4.69, 9.17) is 4.74 Å². The first-order valence-corrected chi connectivity index (χ1v) is 6.63. The molecule has 0 aliphatic carbocycles. The zero-order valence-electron chi connectivity index (χ0n) is 11.2. The van der Waals surface area contributed by atoms with Crippen molar-refractivity contribution in [2.75, 3.05) is 13.7 Å². The second-order valence-corrected chi connectivity index (χ2v) is 4.92. The van der Waals surface area contributed by atoms with Crippen LogP contribution in [0.25, 0.3) is 0 Å². The summed E-state index contributed by atoms with van der Waals surface area (Å²) in [6.07, 6.45) is 4.74. The lowest BCUT2D eigenvalue weighted by atomic mass is 9.99. The van der Waals surface area contributed by atoms with Gasteiger partial charge in [0.1, 0.15) is 5.75 Å².